The normalized spacial score (nSPS) is 35.9. The van der Waals surface area contributed by atoms with Crippen LogP contribution in [0.3, 0.4) is 0 Å². The van der Waals surface area contributed by atoms with Crippen LogP contribution in [-0.4, -0.2) is 40.8 Å². The Labute approximate surface area is 87.3 Å². The number of piperidine rings is 1. The van der Waals surface area contributed by atoms with Crippen molar-refractivity contribution in [1.82, 2.24) is 15.1 Å². The number of rotatable bonds is 2. The van der Waals surface area contributed by atoms with Gasteiger partial charge in [0.25, 0.3) is 0 Å². The fourth-order valence-electron chi connectivity index (χ4n) is 2.54. The molecule has 4 nitrogen and oxygen atoms in total. The van der Waals surface area contributed by atoms with Gasteiger partial charge in [-0.15, -0.1) is 10.2 Å². The lowest BCUT2D eigenvalue weighted by Gasteiger charge is -2.30. The highest BCUT2D eigenvalue weighted by molar-refractivity contribution is 7.13. The van der Waals surface area contributed by atoms with E-state index in [0.717, 1.165) is 11.0 Å². The molecule has 5 heteroatoms. The molecule has 0 radical (unpaired) electrons. The summed E-state index contributed by atoms with van der Waals surface area (Å²) in [5.74, 6) is 0.827. The van der Waals surface area contributed by atoms with E-state index < -0.39 is 0 Å². The average molecular weight is 210 g/mol. The summed E-state index contributed by atoms with van der Waals surface area (Å²) < 4.78 is 0. The number of hydrogen-bond acceptors (Lipinski definition) is 5. The summed E-state index contributed by atoms with van der Waals surface area (Å²) in [6.07, 6.45) is 2.60. The van der Waals surface area contributed by atoms with Crippen LogP contribution in [0.15, 0.2) is 5.51 Å². The number of nitrogens with zero attached hydrogens (tertiary/aromatic N) is 3. The van der Waals surface area contributed by atoms with Gasteiger partial charge >= 0.3 is 0 Å². The van der Waals surface area contributed by atoms with Crippen LogP contribution in [0.25, 0.3) is 0 Å². The SMILES string of the molecule is c1nnc(NC2CCN3CCC2C3)s1. The monoisotopic (exact) mass is 210 g/mol. The van der Waals surface area contributed by atoms with Gasteiger partial charge < -0.3 is 10.2 Å². The molecule has 0 aromatic carbocycles. The Morgan fingerprint density at radius 2 is 2.36 bits per heavy atom. The molecule has 1 N–H and O–H groups in total. The predicted molar refractivity (Wildman–Crippen MR) is 56.5 cm³/mol. The van der Waals surface area contributed by atoms with Crippen LogP contribution in [-0.2, 0) is 0 Å². The van der Waals surface area contributed by atoms with Crippen LogP contribution in [0.2, 0.25) is 0 Å². The highest BCUT2D eigenvalue weighted by Gasteiger charge is 2.34. The molecule has 1 aromatic rings. The predicted octanol–water partition coefficient (Wildman–Crippen LogP) is 1.04. The molecule has 0 saturated carbocycles. The van der Waals surface area contributed by atoms with Gasteiger partial charge in [-0.05, 0) is 25.3 Å². The summed E-state index contributed by atoms with van der Waals surface area (Å²) in [6, 6.07) is 0.627. The first-order chi connectivity index (χ1) is 6.92. The van der Waals surface area contributed by atoms with Crippen LogP contribution < -0.4 is 5.32 Å². The van der Waals surface area contributed by atoms with Crippen molar-refractivity contribution < 1.29 is 0 Å². The van der Waals surface area contributed by atoms with Gasteiger partial charge in [-0.25, -0.2) is 0 Å². The largest absolute Gasteiger partial charge is 0.357 e. The Bertz CT molecular complexity index is 300. The minimum absolute atomic E-state index is 0.627. The molecule has 2 saturated heterocycles. The molecular weight excluding hydrogens is 196 g/mol. The van der Waals surface area contributed by atoms with Crippen molar-refractivity contribution in [1.29, 1.82) is 0 Å². The van der Waals surface area contributed by atoms with Crippen molar-refractivity contribution in [2.45, 2.75) is 18.9 Å². The van der Waals surface area contributed by atoms with Crippen LogP contribution in [0.4, 0.5) is 5.13 Å². The molecular formula is C9H14N4S. The molecule has 3 atom stereocenters. The average Bonchev–Trinajstić information content (AvgIpc) is 2.80. The van der Waals surface area contributed by atoms with Gasteiger partial charge in [-0.1, -0.05) is 11.3 Å². The van der Waals surface area contributed by atoms with Crippen molar-refractivity contribution in [3.05, 3.63) is 5.51 Å². The molecule has 2 aliphatic rings. The third-order valence-corrected chi connectivity index (χ3v) is 3.93. The number of anilines is 1. The van der Waals surface area contributed by atoms with E-state index >= 15 is 0 Å². The molecule has 3 unspecified atom stereocenters. The fourth-order valence-corrected chi connectivity index (χ4v) is 3.04. The molecule has 2 aliphatic heterocycles. The maximum Gasteiger partial charge on any atom is 0.205 e. The van der Waals surface area contributed by atoms with E-state index in [2.05, 4.69) is 20.4 Å². The standard InChI is InChI=1S/C9H14N4S/c1-3-13-4-2-8(7(1)5-13)11-9-12-10-6-14-9/h6-8H,1-5H2,(H,11,12). The number of aromatic nitrogens is 2. The van der Waals surface area contributed by atoms with E-state index in [0.29, 0.717) is 6.04 Å². The molecule has 3 rings (SSSR count). The lowest BCUT2D eigenvalue weighted by molar-refractivity contribution is 0.255. The van der Waals surface area contributed by atoms with Crippen molar-refractivity contribution in [3.8, 4) is 0 Å². The summed E-state index contributed by atoms with van der Waals surface area (Å²) in [4.78, 5) is 2.56. The van der Waals surface area contributed by atoms with Crippen molar-refractivity contribution in [2.24, 2.45) is 5.92 Å². The first kappa shape index (κ1) is 8.61. The minimum atomic E-state index is 0.627. The first-order valence-corrected chi connectivity index (χ1v) is 6.05. The molecule has 1 aromatic heterocycles. The molecule has 0 amide bonds. The summed E-state index contributed by atoms with van der Waals surface area (Å²) >= 11 is 1.60. The smallest absolute Gasteiger partial charge is 0.205 e. The molecule has 2 fully saturated rings. The zero-order chi connectivity index (χ0) is 9.38. The van der Waals surface area contributed by atoms with Gasteiger partial charge in [0.1, 0.15) is 5.51 Å². The van der Waals surface area contributed by atoms with E-state index in [-0.39, 0.29) is 0 Å². The third kappa shape index (κ3) is 1.50. The Hall–Kier alpha value is -0.680. The van der Waals surface area contributed by atoms with Crippen molar-refractivity contribution in [2.75, 3.05) is 25.0 Å². The highest BCUT2D eigenvalue weighted by atomic mass is 32.1. The number of hydrogen-bond donors (Lipinski definition) is 1. The Kier molecular flexibility index (Phi) is 2.14. The quantitative estimate of drug-likeness (QED) is 0.792. The lowest BCUT2D eigenvalue weighted by atomic mass is 9.94. The second kappa shape index (κ2) is 3.47. The molecule has 2 bridgehead atoms. The summed E-state index contributed by atoms with van der Waals surface area (Å²) in [5, 5.41) is 12.4. The second-order valence-electron chi connectivity index (χ2n) is 4.13. The maximum absolute atomic E-state index is 4.04. The molecule has 76 valence electrons. The van der Waals surface area contributed by atoms with Crippen molar-refractivity contribution >= 4 is 16.5 Å². The van der Waals surface area contributed by atoms with E-state index in [1.54, 1.807) is 16.8 Å². The number of nitrogens with one attached hydrogen (secondary N) is 1. The van der Waals surface area contributed by atoms with Gasteiger partial charge in [0.2, 0.25) is 5.13 Å². The molecule has 3 heterocycles. The summed E-state index contributed by atoms with van der Waals surface area (Å²) in [5.41, 5.74) is 1.78. The third-order valence-electron chi connectivity index (χ3n) is 3.30. The second-order valence-corrected chi connectivity index (χ2v) is 4.97. The van der Waals surface area contributed by atoms with Gasteiger partial charge in [0.15, 0.2) is 0 Å². The van der Waals surface area contributed by atoms with Gasteiger partial charge in [0.05, 0.1) is 0 Å². The van der Waals surface area contributed by atoms with Crippen LogP contribution in [0, 0.1) is 5.92 Å². The van der Waals surface area contributed by atoms with Gasteiger partial charge in [0, 0.05) is 19.1 Å². The Balaban J connectivity index is 1.67. The van der Waals surface area contributed by atoms with E-state index in [1.807, 2.05) is 0 Å². The topological polar surface area (TPSA) is 41.1 Å². The number of fused-ring (bicyclic) bond motifs is 2. The molecule has 14 heavy (non-hydrogen) atoms. The zero-order valence-electron chi connectivity index (χ0n) is 8.02. The molecule has 0 spiro atoms. The Morgan fingerprint density at radius 3 is 3.21 bits per heavy atom. The minimum Gasteiger partial charge on any atom is -0.357 e. The lowest BCUT2D eigenvalue weighted by Crippen LogP contribution is -2.39. The van der Waals surface area contributed by atoms with E-state index in [1.165, 1.54) is 32.5 Å². The van der Waals surface area contributed by atoms with E-state index in [4.69, 9.17) is 0 Å². The zero-order valence-corrected chi connectivity index (χ0v) is 8.83. The molecule has 0 aliphatic carbocycles. The fraction of sp³-hybridized carbons (Fsp3) is 0.778. The van der Waals surface area contributed by atoms with Crippen LogP contribution >= 0.6 is 11.3 Å². The first-order valence-electron chi connectivity index (χ1n) is 5.17. The van der Waals surface area contributed by atoms with E-state index in [9.17, 15) is 0 Å². The van der Waals surface area contributed by atoms with Crippen LogP contribution in [0.1, 0.15) is 12.8 Å². The summed E-state index contributed by atoms with van der Waals surface area (Å²) in [6.45, 7) is 3.81. The highest BCUT2D eigenvalue weighted by Crippen LogP contribution is 2.29. The Morgan fingerprint density at radius 1 is 1.43 bits per heavy atom. The summed E-state index contributed by atoms with van der Waals surface area (Å²) in [7, 11) is 0. The van der Waals surface area contributed by atoms with Gasteiger partial charge in [-0.2, -0.15) is 0 Å². The van der Waals surface area contributed by atoms with Gasteiger partial charge in [-0.3, -0.25) is 0 Å². The van der Waals surface area contributed by atoms with Crippen LogP contribution in [0.5, 0.6) is 0 Å². The maximum atomic E-state index is 4.04. The van der Waals surface area contributed by atoms with Crippen molar-refractivity contribution in [3.63, 3.8) is 0 Å².